The van der Waals surface area contributed by atoms with Gasteiger partial charge in [0.05, 0.1) is 5.56 Å². The van der Waals surface area contributed by atoms with Crippen LogP contribution in [0.25, 0.3) is 0 Å². The van der Waals surface area contributed by atoms with Crippen molar-refractivity contribution >= 4 is 34.2 Å². The van der Waals surface area contributed by atoms with E-state index >= 15 is 0 Å². The average Bonchev–Trinajstić information content (AvgIpc) is 2.70. The van der Waals surface area contributed by atoms with Crippen molar-refractivity contribution in [1.29, 1.82) is 0 Å². The van der Waals surface area contributed by atoms with Gasteiger partial charge >= 0.3 is 0 Å². The van der Waals surface area contributed by atoms with E-state index in [9.17, 15) is 9.18 Å². The summed E-state index contributed by atoms with van der Waals surface area (Å²) in [4.78, 5) is 11.8. The molecule has 2 rings (SSSR count). The van der Waals surface area contributed by atoms with Crippen molar-refractivity contribution < 1.29 is 9.18 Å². The number of carbonyl (C=O) groups is 1. The summed E-state index contributed by atoms with van der Waals surface area (Å²) in [5, 5.41) is 6.07. The molecular formula is C11H13BrClFN2O. The number of amides is 1. The fraction of sp³-hybridized carbons (Fsp3) is 0.364. The smallest absolute Gasteiger partial charge is 0.252 e. The zero-order chi connectivity index (χ0) is 11.5. The Morgan fingerprint density at radius 2 is 2.29 bits per heavy atom. The minimum Gasteiger partial charge on any atom is -0.348 e. The molecule has 0 bridgehead atoms. The summed E-state index contributed by atoms with van der Waals surface area (Å²) in [6.45, 7) is 1.72. The van der Waals surface area contributed by atoms with Crippen LogP contribution in [0.15, 0.2) is 22.7 Å². The Hall–Kier alpha value is -0.650. The van der Waals surface area contributed by atoms with Gasteiger partial charge < -0.3 is 10.6 Å². The maximum atomic E-state index is 12.8. The van der Waals surface area contributed by atoms with Gasteiger partial charge in [-0.3, -0.25) is 4.79 Å². The highest BCUT2D eigenvalue weighted by Gasteiger charge is 2.18. The number of hydrogen-bond acceptors (Lipinski definition) is 2. The summed E-state index contributed by atoms with van der Waals surface area (Å²) >= 11 is 3.18. The summed E-state index contributed by atoms with van der Waals surface area (Å²) in [5.41, 5.74) is 0.466. The zero-order valence-corrected chi connectivity index (χ0v) is 11.4. The molecule has 2 N–H and O–H groups in total. The lowest BCUT2D eigenvalue weighted by atomic mass is 10.2. The molecule has 1 amide bonds. The molecule has 1 fully saturated rings. The van der Waals surface area contributed by atoms with Gasteiger partial charge in [-0.05, 0) is 47.1 Å². The lowest BCUT2D eigenvalue weighted by Gasteiger charge is -2.12. The molecule has 1 saturated heterocycles. The van der Waals surface area contributed by atoms with Crippen LogP contribution in [0.5, 0.6) is 0 Å². The van der Waals surface area contributed by atoms with Crippen LogP contribution in [0.1, 0.15) is 16.8 Å². The molecule has 0 radical (unpaired) electrons. The second kappa shape index (κ2) is 6.33. The Morgan fingerprint density at radius 1 is 1.53 bits per heavy atom. The maximum absolute atomic E-state index is 12.8. The standard InChI is InChI=1S/C11H12BrFN2O.ClH/c12-10-5-7(13)1-2-9(10)11(16)15-8-3-4-14-6-8;/h1-2,5,8,14H,3-4,6H2,(H,15,16);1H. The molecule has 3 nitrogen and oxygen atoms in total. The van der Waals surface area contributed by atoms with Crippen LogP contribution in [0.2, 0.25) is 0 Å². The van der Waals surface area contributed by atoms with Crippen molar-refractivity contribution in [3.05, 3.63) is 34.1 Å². The van der Waals surface area contributed by atoms with E-state index in [2.05, 4.69) is 26.6 Å². The topological polar surface area (TPSA) is 41.1 Å². The molecule has 6 heteroatoms. The highest BCUT2D eigenvalue weighted by atomic mass is 79.9. The number of nitrogens with one attached hydrogen (secondary N) is 2. The summed E-state index contributed by atoms with van der Waals surface area (Å²) in [6, 6.07) is 4.23. The van der Waals surface area contributed by atoms with Gasteiger partial charge in [0.1, 0.15) is 5.82 Å². The summed E-state index contributed by atoms with van der Waals surface area (Å²) < 4.78 is 13.3. The fourth-order valence-electron chi connectivity index (χ4n) is 1.71. The summed E-state index contributed by atoms with van der Waals surface area (Å²) in [5.74, 6) is -0.522. The first-order valence-corrected chi connectivity index (χ1v) is 5.93. The lowest BCUT2D eigenvalue weighted by Crippen LogP contribution is -2.36. The van der Waals surface area contributed by atoms with Crippen molar-refractivity contribution in [2.24, 2.45) is 0 Å². The highest BCUT2D eigenvalue weighted by Crippen LogP contribution is 2.18. The van der Waals surface area contributed by atoms with Crippen molar-refractivity contribution in [2.45, 2.75) is 12.5 Å². The highest BCUT2D eigenvalue weighted by molar-refractivity contribution is 9.10. The molecule has 0 aromatic heterocycles. The Morgan fingerprint density at radius 3 is 2.88 bits per heavy atom. The van der Waals surface area contributed by atoms with Crippen LogP contribution in [0.4, 0.5) is 4.39 Å². The second-order valence-corrected chi connectivity index (χ2v) is 4.64. The molecule has 0 aliphatic carbocycles. The first-order valence-electron chi connectivity index (χ1n) is 5.13. The molecule has 1 aromatic rings. The monoisotopic (exact) mass is 322 g/mol. The van der Waals surface area contributed by atoms with Crippen LogP contribution >= 0.6 is 28.3 Å². The van der Waals surface area contributed by atoms with E-state index in [0.717, 1.165) is 19.5 Å². The molecule has 1 aromatic carbocycles. The SMILES string of the molecule is Cl.O=C(NC1CCNC1)c1ccc(F)cc1Br. The minimum atomic E-state index is -0.356. The molecule has 1 aliphatic rings. The predicted octanol–water partition coefficient (Wildman–Crippen LogP) is 2.10. The van der Waals surface area contributed by atoms with Gasteiger partial charge in [0, 0.05) is 17.1 Å². The average molecular weight is 324 g/mol. The van der Waals surface area contributed by atoms with Gasteiger partial charge in [0.2, 0.25) is 0 Å². The third kappa shape index (κ3) is 3.66. The van der Waals surface area contributed by atoms with Crippen LogP contribution in [-0.4, -0.2) is 25.0 Å². The molecule has 0 spiro atoms. The van der Waals surface area contributed by atoms with Gasteiger partial charge in [0.15, 0.2) is 0 Å². The molecule has 1 heterocycles. The van der Waals surface area contributed by atoms with E-state index in [1.54, 1.807) is 0 Å². The lowest BCUT2D eigenvalue weighted by molar-refractivity contribution is 0.0939. The third-order valence-electron chi connectivity index (χ3n) is 2.57. The Labute approximate surface area is 114 Å². The molecule has 17 heavy (non-hydrogen) atoms. The van der Waals surface area contributed by atoms with Gasteiger partial charge in [0.25, 0.3) is 5.91 Å². The number of carbonyl (C=O) groups excluding carboxylic acids is 1. The van der Waals surface area contributed by atoms with E-state index in [1.165, 1.54) is 18.2 Å². The van der Waals surface area contributed by atoms with E-state index < -0.39 is 0 Å². The van der Waals surface area contributed by atoms with E-state index in [4.69, 9.17) is 0 Å². The maximum Gasteiger partial charge on any atom is 0.252 e. The predicted molar refractivity (Wildman–Crippen MR) is 70.1 cm³/mol. The van der Waals surface area contributed by atoms with Gasteiger partial charge in [-0.15, -0.1) is 12.4 Å². The Balaban J connectivity index is 0.00000144. The largest absolute Gasteiger partial charge is 0.348 e. The van der Waals surface area contributed by atoms with Crippen molar-refractivity contribution in [1.82, 2.24) is 10.6 Å². The Kier molecular flexibility index (Phi) is 5.36. The normalized spacial score (nSPS) is 18.6. The van der Waals surface area contributed by atoms with Gasteiger partial charge in [-0.2, -0.15) is 0 Å². The molecule has 1 unspecified atom stereocenters. The van der Waals surface area contributed by atoms with E-state index in [0.29, 0.717) is 10.0 Å². The molecular weight excluding hydrogens is 310 g/mol. The quantitative estimate of drug-likeness (QED) is 0.875. The zero-order valence-electron chi connectivity index (χ0n) is 9.00. The Bertz CT molecular complexity index is 410. The second-order valence-electron chi connectivity index (χ2n) is 3.79. The van der Waals surface area contributed by atoms with Crippen molar-refractivity contribution in [2.75, 3.05) is 13.1 Å². The van der Waals surface area contributed by atoms with E-state index in [1.807, 2.05) is 0 Å². The van der Waals surface area contributed by atoms with Crippen LogP contribution in [-0.2, 0) is 0 Å². The van der Waals surface area contributed by atoms with Crippen LogP contribution in [0.3, 0.4) is 0 Å². The molecule has 1 atom stereocenters. The number of halogens is 3. The first-order chi connectivity index (χ1) is 7.66. The van der Waals surface area contributed by atoms with E-state index in [-0.39, 0.29) is 30.2 Å². The summed E-state index contributed by atoms with van der Waals surface area (Å²) in [6.07, 6.45) is 0.935. The van der Waals surface area contributed by atoms with Crippen LogP contribution < -0.4 is 10.6 Å². The van der Waals surface area contributed by atoms with Crippen LogP contribution in [0, 0.1) is 5.82 Å². The third-order valence-corrected chi connectivity index (χ3v) is 3.23. The van der Waals surface area contributed by atoms with Gasteiger partial charge in [-0.25, -0.2) is 4.39 Å². The fourth-order valence-corrected chi connectivity index (χ4v) is 2.25. The molecule has 1 aliphatic heterocycles. The van der Waals surface area contributed by atoms with Crippen molar-refractivity contribution in [3.63, 3.8) is 0 Å². The first kappa shape index (κ1) is 14.4. The molecule has 0 saturated carbocycles. The molecule has 94 valence electrons. The number of benzene rings is 1. The number of hydrogen-bond donors (Lipinski definition) is 2. The minimum absolute atomic E-state index is 0. The van der Waals surface area contributed by atoms with Crippen molar-refractivity contribution in [3.8, 4) is 0 Å². The van der Waals surface area contributed by atoms with Gasteiger partial charge in [-0.1, -0.05) is 0 Å². The number of rotatable bonds is 2. The summed E-state index contributed by atoms with van der Waals surface area (Å²) in [7, 11) is 0.